The first-order valence-corrected chi connectivity index (χ1v) is 14.1. The zero-order valence-electron chi connectivity index (χ0n) is 21.7. The van der Waals surface area contributed by atoms with E-state index in [1.54, 1.807) is 10.7 Å². The van der Waals surface area contributed by atoms with E-state index in [2.05, 4.69) is 17.2 Å². The number of carbonyl (C=O) groups is 1. The van der Waals surface area contributed by atoms with E-state index in [1.165, 1.54) is 31.4 Å². The Morgan fingerprint density at radius 3 is 2.81 bits per heavy atom. The summed E-state index contributed by atoms with van der Waals surface area (Å²) in [5, 5.41) is 19.4. The summed E-state index contributed by atoms with van der Waals surface area (Å²) in [5.41, 5.74) is 0.605. The molecule has 0 radical (unpaired) electrons. The van der Waals surface area contributed by atoms with Crippen LogP contribution in [0.3, 0.4) is 0 Å². The molecule has 0 aliphatic heterocycles. The van der Waals surface area contributed by atoms with E-state index in [-0.39, 0.29) is 29.5 Å². The molecular formula is C29H40FN3O3. The van der Waals surface area contributed by atoms with Crippen LogP contribution in [0.25, 0.3) is 11.0 Å². The molecule has 4 saturated carbocycles. The Balaban J connectivity index is 1.15. The van der Waals surface area contributed by atoms with Crippen molar-refractivity contribution < 1.29 is 19.0 Å². The highest BCUT2D eigenvalue weighted by molar-refractivity contribution is 5.84. The van der Waals surface area contributed by atoms with E-state index in [9.17, 15) is 14.3 Å². The van der Waals surface area contributed by atoms with Gasteiger partial charge in [0.2, 0.25) is 0 Å². The molecule has 196 valence electrons. The zero-order valence-corrected chi connectivity index (χ0v) is 21.7. The second-order valence-electron chi connectivity index (χ2n) is 12.6. The van der Waals surface area contributed by atoms with Gasteiger partial charge in [-0.2, -0.15) is 0 Å². The van der Waals surface area contributed by atoms with E-state index >= 15 is 0 Å². The minimum atomic E-state index is -0.646. The standard InChI is InChI=1S/C29H40FN3O3/c1-3-36-17-29(35)13-11-20-18(15-29)4-6-22-21(20)10-12-28(2)23(22)7-8-24(28)27(34)16-33-26-14-19(30)5-9-25(26)31-32-33/h5,9,14,18,20-24,35H,3-4,6-8,10-13,15-17H2,1-2H3/t18-,20+,21-,22-,23+,24-,28+,29-/m1/s1. The van der Waals surface area contributed by atoms with Crippen LogP contribution < -0.4 is 0 Å². The van der Waals surface area contributed by atoms with Crippen molar-refractivity contribution in [2.75, 3.05) is 13.2 Å². The average Bonchev–Trinajstić information content (AvgIpc) is 3.42. The molecule has 0 unspecified atom stereocenters. The molecule has 7 heteroatoms. The van der Waals surface area contributed by atoms with Crippen LogP contribution in [0.1, 0.15) is 71.6 Å². The van der Waals surface area contributed by atoms with Crippen LogP contribution in [0.5, 0.6) is 0 Å². The third kappa shape index (κ3) is 4.01. The molecule has 36 heavy (non-hydrogen) atoms. The Morgan fingerprint density at radius 2 is 1.97 bits per heavy atom. The predicted molar refractivity (Wildman–Crippen MR) is 135 cm³/mol. The van der Waals surface area contributed by atoms with Crippen LogP contribution in [0.4, 0.5) is 4.39 Å². The van der Waals surface area contributed by atoms with Crippen molar-refractivity contribution in [2.45, 2.75) is 83.8 Å². The molecule has 0 bridgehead atoms. The molecule has 0 amide bonds. The molecule has 0 spiro atoms. The van der Waals surface area contributed by atoms with Gasteiger partial charge >= 0.3 is 0 Å². The highest BCUT2D eigenvalue weighted by atomic mass is 19.1. The first-order chi connectivity index (χ1) is 17.3. The first-order valence-electron chi connectivity index (χ1n) is 14.1. The van der Waals surface area contributed by atoms with Crippen LogP contribution in [0, 0.1) is 46.7 Å². The van der Waals surface area contributed by atoms with Crippen LogP contribution >= 0.6 is 0 Å². The van der Waals surface area contributed by atoms with Gasteiger partial charge in [-0.25, -0.2) is 9.07 Å². The number of ether oxygens (including phenoxy) is 1. The minimum Gasteiger partial charge on any atom is -0.387 e. The number of hydrogen-bond acceptors (Lipinski definition) is 5. The van der Waals surface area contributed by atoms with E-state index in [0.29, 0.717) is 47.9 Å². The molecule has 1 N–H and O–H groups in total. The molecule has 0 saturated heterocycles. The van der Waals surface area contributed by atoms with Gasteiger partial charge in [0, 0.05) is 18.6 Å². The summed E-state index contributed by atoms with van der Waals surface area (Å²) in [4.78, 5) is 13.6. The molecule has 4 aliphatic carbocycles. The number of rotatable bonds is 6. The molecule has 4 aliphatic rings. The third-order valence-electron chi connectivity index (χ3n) is 10.8. The first kappa shape index (κ1) is 24.5. The molecule has 2 aromatic rings. The fourth-order valence-corrected chi connectivity index (χ4v) is 9.23. The van der Waals surface area contributed by atoms with Gasteiger partial charge in [0.1, 0.15) is 17.9 Å². The molecule has 8 atom stereocenters. The normalized spacial score (nSPS) is 40.0. The molecular weight excluding hydrogens is 457 g/mol. The van der Waals surface area contributed by atoms with Crippen LogP contribution in [0.15, 0.2) is 18.2 Å². The number of aliphatic hydroxyl groups is 1. The summed E-state index contributed by atoms with van der Waals surface area (Å²) >= 11 is 0. The highest BCUT2D eigenvalue weighted by Gasteiger charge is 2.59. The van der Waals surface area contributed by atoms with Crippen LogP contribution in [0.2, 0.25) is 0 Å². The number of ketones is 1. The van der Waals surface area contributed by atoms with Crippen LogP contribution in [-0.4, -0.2) is 44.7 Å². The number of benzene rings is 1. The van der Waals surface area contributed by atoms with E-state index < -0.39 is 5.60 Å². The lowest BCUT2D eigenvalue weighted by Gasteiger charge is -2.57. The molecule has 6 rings (SSSR count). The van der Waals surface area contributed by atoms with Gasteiger partial charge in [0.25, 0.3) is 0 Å². The predicted octanol–water partition coefficient (Wildman–Crippen LogP) is 5.18. The van der Waals surface area contributed by atoms with Gasteiger partial charge < -0.3 is 9.84 Å². The average molecular weight is 498 g/mol. The molecule has 4 fully saturated rings. The van der Waals surface area contributed by atoms with Crippen LogP contribution in [-0.2, 0) is 16.1 Å². The molecule has 1 aromatic heterocycles. The van der Waals surface area contributed by atoms with Crippen molar-refractivity contribution in [3.05, 3.63) is 24.0 Å². The summed E-state index contributed by atoms with van der Waals surface area (Å²) in [7, 11) is 0. The SMILES string of the molecule is CCOC[C@@]1(O)CC[C@H]2[C@H](CC[C@@H]3[C@@H]2CC[C@]2(C)[C@@H](C(=O)Cn4nnc5ccc(F)cc54)CC[C@@H]32)C1. The van der Waals surface area contributed by atoms with E-state index in [0.717, 1.165) is 44.4 Å². The van der Waals surface area contributed by atoms with Crippen molar-refractivity contribution in [3.8, 4) is 0 Å². The Labute approximate surface area is 213 Å². The topological polar surface area (TPSA) is 77.2 Å². The lowest BCUT2D eigenvalue weighted by Crippen LogP contribution is -2.52. The summed E-state index contributed by atoms with van der Waals surface area (Å²) in [6, 6.07) is 4.42. The molecule has 6 nitrogen and oxygen atoms in total. The quantitative estimate of drug-likeness (QED) is 0.595. The molecule has 1 heterocycles. The number of carbonyl (C=O) groups excluding carboxylic acids is 1. The van der Waals surface area contributed by atoms with E-state index in [1.807, 2.05) is 6.92 Å². The lowest BCUT2D eigenvalue weighted by molar-refractivity contribution is -0.138. The summed E-state index contributed by atoms with van der Waals surface area (Å²) in [6.07, 6.45) is 9.66. The summed E-state index contributed by atoms with van der Waals surface area (Å²) in [6.45, 7) is 5.66. The smallest absolute Gasteiger partial charge is 0.157 e. The largest absolute Gasteiger partial charge is 0.387 e. The van der Waals surface area contributed by atoms with Crippen molar-refractivity contribution in [1.29, 1.82) is 0 Å². The highest BCUT2D eigenvalue weighted by Crippen LogP contribution is 2.64. The Kier molecular flexibility index (Phi) is 6.23. The maximum Gasteiger partial charge on any atom is 0.157 e. The van der Waals surface area contributed by atoms with Crippen molar-refractivity contribution in [1.82, 2.24) is 15.0 Å². The number of Topliss-reactive ketones (excluding diaryl/α,β-unsaturated/α-hetero) is 1. The van der Waals surface area contributed by atoms with Gasteiger partial charge in [-0.1, -0.05) is 12.1 Å². The van der Waals surface area contributed by atoms with Crippen molar-refractivity contribution >= 4 is 16.8 Å². The van der Waals surface area contributed by atoms with Gasteiger partial charge in [0.15, 0.2) is 5.78 Å². The monoisotopic (exact) mass is 497 g/mol. The van der Waals surface area contributed by atoms with Crippen molar-refractivity contribution in [3.63, 3.8) is 0 Å². The summed E-state index contributed by atoms with van der Waals surface area (Å²) in [5.74, 6) is 3.27. The minimum absolute atomic E-state index is 0.0385. The fourth-order valence-electron chi connectivity index (χ4n) is 9.23. The second kappa shape index (κ2) is 9.16. The maximum atomic E-state index is 13.8. The van der Waals surface area contributed by atoms with Gasteiger partial charge in [0.05, 0.1) is 17.7 Å². The zero-order chi connectivity index (χ0) is 25.1. The Bertz CT molecular complexity index is 1140. The van der Waals surface area contributed by atoms with Crippen molar-refractivity contribution in [2.24, 2.45) is 40.9 Å². The van der Waals surface area contributed by atoms with Gasteiger partial charge in [-0.05, 0) is 112 Å². The number of hydrogen-bond donors (Lipinski definition) is 1. The number of fused-ring (bicyclic) bond motifs is 6. The van der Waals surface area contributed by atoms with Gasteiger partial charge in [-0.15, -0.1) is 5.10 Å². The number of aromatic nitrogens is 3. The number of halogens is 1. The lowest BCUT2D eigenvalue weighted by atomic mass is 9.49. The Morgan fingerprint density at radius 1 is 1.14 bits per heavy atom. The van der Waals surface area contributed by atoms with E-state index in [4.69, 9.17) is 4.74 Å². The molecule has 1 aromatic carbocycles. The summed E-state index contributed by atoms with van der Waals surface area (Å²) < 4.78 is 21.0. The third-order valence-corrected chi connectivity index (χ3v) is 10.8. The maximum absolute atomic E-state index is 13.8. The second-order valence-corrected chi connectivity index (χ2v) is 12.6. The van der Waals surface area contributed by atoms with Gasteiger partial charge in [-0.3, -0.25) is 4.79 Å². The number of nitrogens with zero attached hydrogens (tertiary/aromatic N) is 3. The fraction of sp³-hybridized carbons (Fsp3) is 0.759. The Hall–Kier alpha value is -1.86.